The van der Waals surface area contributed by atoms with Crippen LogP contribution in [0.3, 0.4) is 0 Å². The van der Waals surface area contributed by atoms with Gasteiger partial charge in [0.1, 0.15) is 0 Å². The predicted molar refractivity (Wildman–Crippen MR) is 106 cm³/mol. The first-order valence-electron chi connectivity index (χ1n) is 9.54. The highest BCUT2D eigenvalue weighted by molar-refractivity contribution is 7.80. The molecule has 138 valence electrons. The van der Waals surface area contributed by atoms with Crippen molar-refractivity contribution >= 4 is 17.3 Å². The number of aliphatic hydroxyl groups excluding tert-OH is 1. The van der Waals surface area contributed by atoms with E-state index in [1.54, 1.807) is 0 Å². The van der Waals surface area contributed by atoms with Crippen molar-refractivity contribution in [3.63, 3.8) is 0 Å². The minimum absolute atomic E-state index is 0.00236. The second-order valence-electron chi connectivity index (χ2n) is 7.23. The van der Waals surface area contributed by atoms with Crippen molar-refractivity contribution in [1.82, 2.24) is 19.8 Å². The van der Waals surface area contributed by atoms with Gasteiger partial charge in [-0.25, -0.2) is 0 Å². The van der Waals surface area contributed by atoms with E-state index in [-0.39, 0.29) is 18.7 Å². The predicted octanol–water partition coefficient (Wildman–Crippen LogP) is 3.35. The molecule has 0 unspecified atom stereocenters. The minimum Gasteiger partial charge on any atom is -0.395 e. The highest BCUT2D eigenvalue weighted by Crippen LogP contribution is 2.39. The van der Waals surface area contributed by atoms with Gasteiger partial charge >= 0.3 is 0 Å². The fourth-order valence-electron chi connectivity index (χ4n) is 4.33. The van der Waals surface area contributed by atoms with Crippen LogP contribution in [0.2, 0.25) is 0 Å². The number of rotatable bonds is 5. The van der Waals surface area contributed by atoms with Crippen LogP contribution in [0.5, 0.6) is 0 Å². The van der Waals surface area contributed by atoms with E-state index >= 15 is 0 Å². The van der Waals surface area contributed by atoms with E-state index in [9.17, 15) is 5.11 Å². The molecule has 2 aliphatic rings. The lowest BCUT2D eigenvalue weighted by atomic mass is 9.95. The van der Waals surface area contributed by atoms with Gasteiger partial charge in [-0.3, -0.25) is 4.98 Å². The summed E-state index contributed by atoms with van der Waals surface area (Å²) in [6.45, 7) is 0.602. The third-order valence-electron chi connectivity index (χ3n) is 5.61. The van der Waals surface area contributed by atoms with Gasteiger partial charge in [-0.05, 0) is 48.8 Å². The molecule has 3 heterocycles. The van der Waals surface area contributed by atoms with E-state index in [0.717, 1.165) is 5.69 Å². The van der Waals surface area contributed by atoms with Crippen molar-refractivity contribution in [2.24, 2.45) is 0 Å². The van der Waals surface area contributed by atoms with Gasteiger partial charge < -0.3 is 19.9 Å². The zero-order chi connectivity index (χ0) is 17.9. The van der Waals surface area contributed by atoms with Gasteiger partial charge in [0.25, 0.3) is 0 Å². The Morgan fingerprint density at radius 1 is 1.19 bits per heavy atom. The summed E-state index contributed by atoms with van der Waals surface area (Å²) in [5, 5.41) is 13.6. The largest absolute Gasteiger partial charge is 0.395 e. The van der Waals surface area contributed by atoms with Crippen molar-refractivity contribution < 1.29 is 5.11 Å². The van der Waals surface area contributed by atoms with Gasteiger partial charge in [-0.2, -0.15) is 0 Å². The first-order chi connectivity index (χ1) is 12.8. The molecule has 0 spiro atoms. The maximum atomic E-state index is 9.53. The Hall–Kier alpha value is -1.92. The Morgan fingerprint density at radius 2 is 2.04 bits per heavy atom. The fourth-order valence-corrected chi connectivity index (χ4v) is 4.66. The second-order valence-corrected chi connectivity index (χ2v) is 7.61. The van der Waals surface area contributed by atoms with Crippen LogP contribution in [0.15, 0.2) is 42.9 Å². The molecule has 4 rings (SSSR count). The second kappa shape index (κ2) is 7.76. The Labute approximate surface area is 160 Å². The number of pyridine rings is 1. The van der Waals surface area contributed by atoms with Gasteiger partial charge in [-0.1, -0.05) is 25.3 Å². The third kappa shape index (κ3) is 3.35. The normalized spacial score (nSPS) is 24.0. The molecule has 0 radical (unpaired) electrons. The number of nitrogens with one attached hydrogen (secondary N) is 1. The number of thiocarbonyl (C=S) groups is 1. The summed E-state index contributed by atoms with van der Waals surface area (Å²) < 4.78 is 2.38. The molecule has 0 amide bonds. The van der Waals surface area contributed by atoms with Crippen molar-refractivity contribution in [3.05, 3.63) is 54.1 Å². The molecule has 1 aliphatic carbocycles. The molecule has 2 fully saturated rings. The summed E-state index contributed by atoms with van der Waals surface area (Å²) in [6.07, 6.45) is 12.8. The standard InChI is InChI=1S/C20H26N4OS/c25-13-12-24-19(18(22-20(24)26)17-8-4-5-10-21-17)15-9-11-23(14-15)16-6-2-1-3-7-16/h4-5,8-11,14,16,18-19,25H,1-3,6-7,12-13H2,(H,22,26)/t18-,19-/m1/s1. The molecule has 6 heteroatoms. The van der Waals surface area contributed by atoms with Crippen LogP contribution in [0.25, 0.3) is 0 Å². The number of nitrogens with zero attached hydrogens (tertiary/aromatic N) is 3. The summed E-state index contributed by atoms with van der Waals surface area (Å²) in [4.78, 5) is 6.64. The number of hydrogen-bond donors (Lipinski definition) is 2. The molecular weight excluding hydrogens is 344 g/mol. The Bertz CT molecular complexity index is 741. The van der Waals surface area contributed by atoms with E-state index < -0.39 is 0 Å². The Morgan fingerprint density at radius 3 is 2.77 bits per heavy atom. The van der Waals surface area contributed by atoms with Crippen molar-refractivity contribution in [1.29, 1.82) is 0 Å². The molecule has 1 saturated heterocycles. The quantitative estimate of drug-likeness (QED) is 0.791. The molecule has 2 atom stereocenters. The first-order valence-corrected chi connectivity index (χ1v) is 9.95. The molecular formula is C20H26N4OS. The number of aliphatic hydroxyl groups is 1. The monoisotopic (exact) mass is 370 g/mol. The number of hydrogen-bond acceptors (Lipinski definition) is 3. The highest BCUT2D eigenvalue weighted by Gasteiger charge is 2.39. The maximum Gasteiger partial charge on any atom is 0.170 e. The van der Waals surface area contributed by atoms with Crippen molar-refractivity contribution in [2.45, 2.75) is 50.2 Å². The van der Waals surface area contributed by atoms with E-state index in [1.165, 1.54) is 37.7 Å². The Kier molecular flexibility index (Phi) is 5.22. The topological polar surface area (TPSA) is 53.3 Å². The summed E-state index contributed by atoms with van der Waals surface area (Å²) in [7, 11) is 0. The van der Waals surface area contributed by atoms with E-state index in [0.29, 0.717) is 17.7 Å². The number of β-amino-alcohol motifs (C(OH)–C–C–N with tert-alkyl or cyclic N) is 1. The zero-order valence-corrected chi connectivity index (χ0v) is 15.7. The molecule has 1 aliphatic heterocycles. The van der Waals surface area contributed by atoms with Gasteiger partial charge in [0, 0.05) is 31.2 Å². The third-order valence-corrected chi connectivity index (χ3v) is 5.97. The van der Waals surface area contributed by atoms with Crippen molar-refractivity contribution in [3.8, 4) is 0 Å². The van der Waals surface area contributed by atoms with Crippen LogP contribution in [0, 0.1) is 0 Å². The van der Waals surface area contributed by atoms with E-state index in [4.69, 9.17) is 12.2 Å². The lowest BCUT2D eigenvalue weighted by molar-refractivity contribution is 0.223. The van der Waals surface area contributed by atoms with Crippen LogP contribution in [0.4, 0.5) is 0 Å². The van der Waals surface area contributed by atoms with Gasteiger partial charge in [0.15, 0.2) is 5.11 Å². The Balaban J connectivity index is 1.65. The highest BCUT2D eigenvalue weighted by atomic mass is 32.1. The average molecular weight is 371 g/mol. The van der Waals surface area contributed by atoms with Crippen LogP contribution in [0.1, 0.15) is 61.5 Å². The summed E-state index contributed by atoms with van der Waals surface area (Å²) in [5.74, 6) is 0. The zero-order valence-electron chi connectivity index (χ0n) is 14.9. The molecule has 5 nitrogen and oxygen atoms in total. The van der Waals surface area contributed by atoms with E-state index in [1.807, 2.05) is 24.4 Å². The molecule has 26 heavy (non-hydrogen) atoms. The fraction of sp³-hybridized carbons (Fsp3) is 0.500. The first kappa shape index (κ1) is 17.5. The van der Waals surface area contributed by atoms with Crippen LogP contribution >= 0.6 is 12.2 Å². The molecule has 0 bridgehead atoms. The lowest BCUT2D eigenvalue weighted by Gasteiger charge is -2.27. The maximum absolute atomic E-state index is 9.53. The smallest absolute Gasteiger partial charge is 0.170 e. The minimum atomic E-state index is -0.00236. The van der Waals surface area contributed by atoms with Gasteiger partial charge in [-0.15, -0.1) is 0 Å². The van der Waals surface area contributed by atoms with Gasteiger partial charge in [0.2, 0.25) is 0 Å². The van der Waals surface area contributed by atoms with E-state index in [2.05, 4.69) is 38.2 Å². The molecule has 2 N–H and O–H groups in total. The summed E-state index contributed by atoms with van der Waals surface area (Å²) in [5.41, 5.74) is 2.21. The van der Waals surface area contributed by atoms with Gasteiger partial charge in [0.05, 0.1) is 24.4 Å². The van der Waals surface area contributed by atoms with Crippen LogP contribution < -0.4 is 5.32 Å². The summed E-state index contributed by atoms with van der Waals surface area (Å²) in [6, 6.07) is 8.83. The van der Waals surface area contributed by atoms with Crippen LogP contribution in [-0.2, 0) is 0 Å². The molecule has 0 aromatic carbocycles. The SMILES string of the molecule is OCCN1C(=S)N[C@H](c2ccccn2)[C@H]1c1ccn(C2CCCCC2)c1. The van der Waals surface area contributed by atoms with Crippen LogP contribution in [-0.4, -0.2) is 37.8 Å². The molecule has 2 aromatic rings. The molecule has 2 aromatic heterocycles. The lowest BCUT2D eigenvalue weighted by Crippen LogP contribution is -2.32. The average Bonchev–Trinajstić information content (AvgIpc) is 3.29. The molecule has 1 saturated carbocycles. The van der Waals surface area contributed by atoms with Crippen molar-refractivity contribution in [2.75, 3.05) is 13.2 Å². The number of aromatic nitrogens is 2. The summed E-state index contributed by atoms with van der Waals surface area (Å²) >= 11 is 5.56.